The molecule has 0 atom stereocenters. The molecule has 0 unspecified atom stereocenters. The van der Waals surface area contributed by atoms with Crippen molar-refractivity contribution < 1.29 is 0 Å². The molecule has 4 rings (SSSR count). The maximum atomic E-state index is 6.13. The molecule has 1 aliphatic heterocycles. The molecule has 1 saturated heterocycles. The summed E-state index contributed by atoms with van der Waals surface area (Å²) in [7, 11) is 0. The number of nitrogens with zero attached hydrogens (tertiary/aromatic N) is 1. The Kier molecular flexibility index (Phi) is 4.42. The third-order valence-corrected chi connectivity index (χ3v) is 5.76. The lowest BCUT2D eigenvalue weighted by molar-refractivity contribution is 0.447. The number of aliphatic imine (C=N–C) groups is 1. The van der Waals surface area contributed by atoms with Gasteiger partial charge >= 0.3 is 0 Å². The number of thiophene rings is 1. The first-order chi connectivity index (χ1) is 12.2. The van der Waals surface area contributed by atoms with Crippen molar-refractivity contribution in [2.45, 2.75) is 12.8 Å². The number of rotatable bonds is 4. The van der Waals surface area contributed by atoms with Gasteiger partial charge in [-0.2, -0.15) is 0 Å². The number of aromatic nitrogens is 1. The molecule has 5 heteroatoms. The minimum atomic E-state index is 0.545. The largest absolute Gasteiger partial charge is 0.383 e. The average molecular weight is 350 g/mol. The van der Waals surface area contributed by atoms with Gasteiger partial charge in [0.15, 0.2) is 0 Å². The molecule has 1 aromatic carbocycles. The van der Waals surface area contributed by atoms with Crippen LogP contribution in [0.4, 0.5) is 5.69 Å². The monoisotopic (exact) mass is 350 g/mol. The van der Waals surface area contributed by atoms with E-state index in [-0.39, 0.29) is 0 Å². The van der Waals surface area contributed by atoms with Gasteiger partial charge < -0.3 is 16.0 Å². The zero-order valence-corrected chi connectivity index (χ0v) is 14.9. The quantitative estimate of drug-likeness (QED) is 0.486. The van der Waals surface area contributed by atoms with E-state index in [1.165, 1.54) is 16.5 Å². The van der Waals surface area contributed by atoms with Gasteiger partial charge in [-0.3, -0.25) is 0 Å². The van der Waals surface area contributed by atoms with E-state index in [0.29, 0.717) is 11.8 Å². The number of amidine groups is 1. The minimum Gasteiger partial charge on any atom is -0.383 e. The standard InChI is InChI=1S/C20H22N4S/c1-13(14-6-8-22-9-7-14)17-12-23-18-5-4-15(11-16(17)18)24-20(21)19-3-2-10-25-19/h2-5,10-12,14,22-23H,1,6-9H2,(H2,21,24). The molecular formula is C20H22N4S. The molecule has 3 heterocycles. The molecule has 1 fully saturated rings. The maximum Gasteiger partial charge on any atom is 0.141 e. The van der Waals surface area contributed by atoms with E-state index in [2.05, 4.69) is 40.2 Å². The number of hydrogen-bond donors (Lipinski definition) is 3. The Morgan fingerprint density at radius 1 is 1.24 bits per heavy atom. The van der Waals surface area contributed by atoms with Crippen molar-refractivity contribution in [1.29, 1.82) is 0 Å². The summed E-state index contributed by atoms with van der Waals surface area (Å²) in [6.45, 7) is 6.53. The van der Waals surface area contributed by atoms with Crippen molar-refractivity contribution in [3.05, 3.63) is 58.9 Å². The summed E-state index contributed by atoms with van der Waals surface area (Å²) in [6, 6.07) is 10.1. The third kappa shape index (κ3) is 3.25. The molecule has 128 valence electrons. The average Bonchev–Trinajstić information content (AvgIpc) is 3.31. The van der Waals surface area contributed by atoms with E-state index in [0.717, 1.165) is 42.0 Å². The number of fused-ring (bicyclic) bond motifs is 1. The fraction of sp³-hybridized carbons (Fsp3) is 0.250. The highest BCUT2D eigenvalue weighted by molar-refractivity contribution is 7.12. The number of nitrogens with one attached hydrogen (secondary N) is 2. The van der Waals surface area contributed by atoms with E-state index >= 15 is 0 Å². The molecule has 0 aliphatic carbocycles. The first kappa shape index (κ1) is 16.1. The first-order valence-electron chi connectivity index (χ1n) is 8.61. The van der Waals surface area contributed by atoms with Crippen LogP contribution in [0.5, 0.6) is 0 Å². The summed E-state index contributed by atoms with van der Waals surface area (Å²) >= 11 is 1.60. The highest BCUT2D eigenvalue weighted by Gasteiger charge is 2.19. The van der Waals surface area contributed by atoms with Crippen LogP contribution in [0, 0.1) is 5.92 Å². The van der Waals surface area contributed by atoms with Gasteiger partial charge in [-0.15, -0.1) is 11.3 Å². The summed E-state index contributed by atoms with van der Waals surface area (Å²) in [6.07, 6.45) is 4.37. The second-order valence-electron chi connectivity index (χ2n) is 6.46. The number of piperidine rings is 1. The SMILES string of the molecule is C=C(c1c[nH]c2ccc(N=C(N)c3cccs3)cc12)C1CCNCC1. The second-order valence-corrected chi connectivity index (χ2v) is 7.40. The normalized spacial score (nSPS) is 16.4. The summed E-state index contributed by atoms with van der Waals surface area (Å²) in [5, 5.41) is 6.59. The fourth-order valence-corrected chi connectivity index (χ4v) is 4.08. The lowest BCUT2D eigenvalue weighted by Gasteiger charge is -2.24. The molecule has 0 saturated carbocycles. The Labute approximate surface area is 151 Å². The van der Waals surface area contributed by atoms with Crippen LogP contribution in [0.1, 0.15) is 23.3 Å². The number of hydrogen-bond acceptors (Lipinski definition) is 3. The van der Waals surface area contributed by atoms with Crippen molar-refractivity contribution in [3.63, 3.8) is 0 Å². The Balaban J connectivity index is 1.68. The summed E-state index contributed by atoms with van der Waals surface area (Å²) < 4.78 is 0. The lowest BCUT2D eigenvalue weighted by Crippen LogP contribution is -2.28. The highest BCUT2D eigenvalue weighted by atomic mass is 32.1. The van der Waals surface area contributed by atoms with Crippen molar-refractivity contribution in [1.82, 2.24) is 10.3 Å². The molecule has 0 radical (unpaired) electrons. The summed E-state index contributed by atoms with van der Waals surface area (Å²) in [5.41, 5.74) is 10.5. The van der Waals surface area contributed by atoms with Crippen molar-refractivity contribution in [2.75, 3.05) is 13.1 Å². The van der Waals surface area contributed by atoms with Gasteiger partial charge in [-0.1, -0.05) is 12.6 Å². The molecule has 2 aromatic heterocycles. The zero-order chi connectivity index (χ0) is 17.2. The van der Waals surface area contributed by atoms with Crippen molar-refractivity contribution >= 4 is 39.3 Å². The van der Waals surface area contributed by atoms with Crippen LogP contribution in [0.25, 0.3) is 16.5 Å². The molecule has 1 aliphatic rings. The highest BCUT2D eigenvalue weighted by Crippen LogP contribution is 2.34. The van der Waals surface area contributed by atoms with E-state index in [4.69, 9.17) is 5.73 Å². The number of aromatic amines is 1. The molecule has 25 heavy (non-hydrogen) atoms. The van der Waals surface area contributed by atoms with Crippen LogP contribution in [0.3, 0.4) is 0 Å². The molecular weight excluding hydrogens is 328 g/mol. The van der Waals surface area contributed by atoms with Gasteiger partial charge in [-0.25, -0.2) is 4.99 Å². The first-order valence-corrected chi connectivity index (χ1v) is 9.49. The van der Waals surface area contributed by atoms with E-state index in [1.54, 1.807) is 11.3 Å². The Hall–Kier alpha value is -2.37. The number of nitrogens with two attached hydrogens (primary N) is 1. The van der Waals surface area contributed by atoms with Gasteiger partial charge in [0.05, 0.1) is 10.6 Å². The van der Waals surface area contributed by atoms with Gasteiger partial charge in [0.2, 0.25) is 0 Å². The molecule has 4 N–H and O–H groups in total. The topological polar surface area (TPSA) is 66.2 Å². The van der Waals surface area contributed by atoms with Crippen LogP contribution in [-0.4, -0.2) is 23.9 Å². The van der Waals surface area contributed by atoms with Gasteiger partial charge in [-0.05, 0) is 67.1 Å². The van der Waals surface area contributed by atoms with E-state index in [9.17, 15) is 0 Å². The maximum absolute atomic E-state index is 6.13. The van der Waals surface area contributed by atoms with Crippen LogP contribution >= 0.6 is 11.3 Å². The summed E-state index contributed by atoms with van der Waals surface area (Å²) in [5.74, 6) is 1.10. The van der Waals surface area contributed by atoms with Gasteiger partial charge in [0.1, 0.15) is 5.84 Å². The predicted octanol–water partition coefficient (Wildman–Crippen LogP) is 4.28. The molecule has 4 nitrogen and oxygen atoms in total. The van der Waals surface area contributed by atoms with Crippen LogP contribution in [0.15, 0.2) is 53.5 Å². The molecule has 0 amide bonds. The van der Waals surface area contributed by atoms with Crippen LogP contribution < -0.4 is 11.1 Å². The molecule has 3 aromatic rings. The number of H-pyrrole nitrogens is 1. The molecule has 0 bridgehead atoms. The van der Waals surface area contributed by atoms with Crippen LogP contribution in [-0.2, 0) is 0 Å². The van der Waals surface area contributed by atoms with Crippen molar-refractivity contribution in [2.24, 2.45) is 16.6 Å². The van der Waals surface area contributed by atoms with Gasteiger partial charge in [0, 0.05) is 22.7 Å². The Morgan fingerprint density at radius 3 is 2.84 bits per heavy atom. The van der Waals surface area contributed by atoms with Crippen LogP contribution in [0.2, 0.25) is 0 Å². The number of benzene rings is 1. The zero-order valence-electron chi connectivity index (χ0n) is 14.1. The molecule has 0 spiro atoms. The smallest absolute Gasteiger partial charge is 0.141 e. The third-order valence-electron chi connectivity index (χ3n) is 4.87. The Bertz CT molecular complexity index is 914. The van der Waals surface area contributed by atoms with Gasteiger partial charge in [0.25, 0.3) is 0 Å². The lowest BCUT2D eigenvalue weighted by atomic mass is 9.86. The van der Waals surface area contributed by atoms with E-state index < -0.39 is 0 Å². The predicted molar refractivity (Wildman–Crippen MR) is 108 cm³/mol. The van der Waals surface area contributed by atoms with Crippen molar-refractivity contribution in [3.8, 4) is 0 Å². The minimum absolute atomic E-state index is 0.545. The Morgan fingerprint density at radius 2 is 2.08 bits per heavy atom. The van der Waals surface area contributed by atoms with E-state index in [1.807, 2.05) is 23.6 Å². The second kappa shape index (κ2) is 6.86. The fourth-order valence-electron chi connectivity index (χ4n) is 3.45. The number of allylic oxidation sites excluding steroid dienone is 1. The summed E-state index contributed by atoms with van der Waals surface area (Å²) in [4.78, 5) is 8.95.